The number of hydrogen-bond donors (Lipinski definition) is 0. The lowest BCUT2D eigenvalue weighted by atomic mass is 9.87. The molecular weight excluding hydrogens is 208 g/mol. The van der Waals surface area contributed by atoms with Crippen molar-refractivity contribution >= 4 is 0 Å². The predicted octanol–water partition coefficient (Wildman–Crippen LogP) is 2.78. The Morgan fingerprint density at radius 1 is 1.35 bits per heavy atom. The van der Waals surface area contributed by atoms with Gasteiger partial charge < -0.3 is 0 Å². The molecule has 17 heavy (non-hydrogen) atoms. The summed E-state index contributed by atoms with van der Waals surface area (Å²) in [6.07, 6.45) is 4.59. The van der Waals surface area contributed by atoms with Gasteiger partial charge in [0.15, 0.2) is 0 Å². The zero-order valence-electron chi connectivity index (χ0n) is 10.5. The van der Waals surface area contributed by atoms with Gasteiger partial charge in [0.2, 0.25) is 0 Å². The van der Waals surface area contributed by atoms with Crippen LogP contribution in [0.5, 0.6) is 0 Å². The van der Waals surface area contributed by atoms with Crippen LogP contribution >= 0.6 is 0 Å². The molecule has 0 aromatic heterocycles. The number of nitrogens with zero attached hydrogens (tertiary/aromatic N) is 2. The van der Waals surface area contributed by atoms with E-state index in [4.69, 9.17) is 5.26 Å². The van der Waals surface area contributed by atoms with E-state index in [-0.39, 0.29) is 0 Å². The van der Waals surface area contributed by atoms with Crippen LogP contribution in [0.1, 0.15) is 30.9 Å². The number of rotatable bonds is 4. The summed E-state index contributed by atoms with van der Waals surface area (Å²) < 4.78 is 0. The minimum Gasteiger partial charge on any atom is -0.287 e. The molecular formula is C15H20N2. The molecule has 1 aliphatic carbocycles. The van der Waals surface area contributed by atoms with Crippen LogP contribution in [0.4, 0.5) is 0 Å². The van der Waals surface area contributed by atoms with E-state index < -0.39 is 0 Å². The second-order valence-corrected chi connectivity index (χ2v) is 4.79. The van der Waals surface area contributed by atoms with Gasteiger partial charge in [-0.3, -0.25) is 4.90 Å². The van der Waals surface area contributed by atoms with Gasteiger partial charge in [-0.15, -0.1) is 0 Å². The summed E-state index contributed by atoms with van der Waals surface area (Å²) in [5.74, 6) is 0. The molecule has 2 heteroatoms. The second kappa shape index (κ2) is 5.84. The van der Waals surface area contributed by atoms with E-state index in [0.717, 1.165) is 25.8 Å². The third-order valence-electron chi connectivity index (χ3n) is 3.62. The number of benzene rings is 1. The molecule has 0 radical (unpaired) electrons. The molecule has 0 saturated heterocycles. The Kier molecular flexibility index (Phi) is 4.17. The molecule has 0 amide bonds. The molecule has 1 unspecified atom stereocenters. The van der Waals surface area contributed by atoms with Crippen molar-refractivity contribution in [3.05, 3.63) is 35.4 Å². The van der Waals surface area contributed by atoms with Crippen LogP contribution in [0.2, 0.25) is 0 Å². The van der Waals surface area contributed by atoms with Gasteiger partial charge in [0.05, 0.1) is 12.6 Å². The Morgan fingerprint density at radius 2 is 2.12 bits per heavy atom. The lowest BCUT2D eigenvalue weighted by Crippen LogP contribution is -2.40. The average molecular weight is 228 g/mol. The molecule has 2 nitrogen and oxygen atoms in total. The first-order chi connectivity index (χ1) is 8.35. The number of fused-ring (bicyclic) bond motifs is 1. The van der Waals surface area contributed by atoms with Crippen molar-refractivity contribution in [1.29, 1.82) is 5.26 Å². The summed E-state index contributed by atoms with van der Waals surface area (Å²) in [4.78, 5) is 2.34. The normalized spacial score (nSPS) is 18.8. The highest BCUT2D eigenvalue weighted by molar-refractivity contribution is 5.30. The van der Waals surface area contributed by atoms with Gasteiger partial charge in [-0.2, -0.15) is 5.26 Å². The van der Waals surface area contributed by atoms with E-state index in [0.29, 0.717) is 12.6 Å². The van der Waals surface area contributed by atoms with E-state index in [1.54, 1.807) is 0 Å². The van der Waals surface area contributed by atoms with Crippen molar-refractivity contribution in [1.82, 2.24) is 4.90 Å². The molecule has 0 fully saturated rings. The van der Waals surface area contributed by atoms with Gasteiger partial charge in [-0.1, -0.05) is 31.2 Å². The van der Waals surface area contributed by atoms with E-state index in [2.05, 4.69) is 42.2 Å². The van der Waals surface area contributed by atoms with E-state index >= 15 is 0 Å². The predicted molar refractivity (Wildman–Crippen MR) is 69.7 cm³/mol. The molecule has 0 bridgehead atoms. The first-order valence-corrected chi connectivity index (χ1v) is 6.53. The van der Waals surface area contributed by atoms with Crippen molar-refractivity contribution in [2.75, 3.05) is 13.1 Å². The van der Waals surface area contributed by atoms with Crippen molar-refractivity contribution < 1.29 is 0 Å². The van der Waals surface area contributed by atoms with Crippen molar-refractivity contribution in [2.45, 2.75) is 38.6 Å². The Hall–Kier alpha value is -1.33. The molecule has 1 aromatic carbocycles. The quantitative estimate of drug-likeness (QED) is 0.741. The Labute approximate surface area is 104 Å². The highest BCUT2D eigenvalue weighted by atomic mass is 15.1. The van der Waals surface area contributed by atoms with Gasteiger partial charge >= 0.3 is 0 Å². The summed E-state index contributed by atoms with van der Waals surface area (Å²) in [6.45, 7) is 3.79. The monoisotopic (exact) mass is 228 g/mol. The second-order valence-electron chi connectivity index (χ2n) is 4.79. The summed E-state index contributed by atoms with van der Waals surface area (Å²) in [6, 6.07) is 11.6. The molecule has 1 atom stereocenters. The average Bonchev–Trinajstić information content (AvgIpc) is 2.38. The third-order valence-corrected chi connectivity index (χ3v) is 3.62. The number of hydrogen-bond acceptors (Lipinski definition) is 2. The van der Waals surface area contributed by atoms with Gasteiger partial charge in [-0.25, -0.2) is 0 Å². The lowest BCUT2D eigenvalue weighted by Gasteiger charge is -2.33. The maximum atomic E-state index is 8.90. The zero-order chi connectivity index (χ0) is 12.1. The lowest BCUT2D eigenvalue weighted by molar-refractivity contribution is 0.201. The topological polar surface area (TPSA) is 27.0 Å². The molecule has 0 aliphatic heterocycles. The van der Waals surface area contributed by atoms with Crippen molar-refractivity contribution in [3.8, 4) is 6.07 Å². The van der Waals surface area contributed by atoms with Crippen LogP contribution in [0.15, 0.2) is 24.3 Å². The molecule has 1 aliphatic rings. The highest BCUT2D eigenvalue weighted by Gasteiger charge is 2.23. The fraction of sp³-hybridized carbons (Fsp3) is 0.533. The summed E-state index contributed by atoms with van der Waals surface area (Å²) in [5.41, 5.74) is 2.97. The van der Waals surface area contributed by atoms with Gasteiger partial charge in [0, 0.05) is 6.04 Å². The van der Waals surface area contributed by atoms with Crippen LogP contribution in [0, 0.1) is 11.3 Å². The maximum Gasteiger partial charge on any atom is 0.0868 e. The summed E-state index contributed by atoms with van der Waals surface area (Å²) in [7, 11) is 0. The van der Waals surface area contributed by atoms with Gasteiger partial charge in [-0.05, 0) is 43.4 Å². The summed E-state index contributed by atoms with van der Waals surface area (Å²) in [5, 5.41) is 8.90. The molecule has 0 saturated carbocycles. The highest BCUT2D eigenvalue weighted by Crippen LogP contribution is 2.24. The number of nitriles is 1. The Bertz CT molecular complexity index is 406. The molecule has 0 N–H and O–H groups in total. The van der Waals surface area contributed by atoms with E-state index in [1.165, 1.54) is 17.5 Å². The Balaban J connectivity index is 2.07. The first kappa shape index (κ1) is 12.1. The smallest absolute Gasteiger partial charge is 0.0868 e. The van der Waals surface area contributed by atoms with Crippen LogP contribution in [0.3, 0.4) is 0 Å². The van der Waals surface area contributed by atoms with Crippen molar-refractivity contribution in [2.24, 2.45) is 0 Å². The van der Waals surface area contributed by atoms with Crippen LogP contribution in [-0.2, 0) is 12.8 Å². The zero-order valence-corrected chi connectivity index (χ0v) is 10.5. The van der Waals surface area contributed by atoms with E-state index in [1.807, 2.05) is 0 Å². The minimum absolute atomic E-state index is 0.560. The van der Waals surface area contributed by atoms with E-state index in [9.17, 15) is 0 Å². The third kappa shape index (κ3) is 2.87. The largest absolute Gasteiger partial charge is 0.287 e. The fourth-order valence-corrected chi connectivity index (χ4v) is 2.76. The Morgan fingerprint density at radius 3 is 2.82 bits per heavy atom. The molecule has 1 aromatic rings. The maximum absolute atomic E-state index is 8.90. The SMILES string of the molecule is CCCN(CC#N)C1CCc2ccccc2C1. The van der Waals surface area contributed by atoms with Crippen molar-refractivity contribution in [3.63, 3.8) is 0 Å². The first-order valence-electron chi connectivity index (χ1n) is 6.53. The van der Waals surface area contributed by atoms with Gasteiger partial charge in [0.1, 0.15) is 0 Å². The van der Waals surface area contributed by atoms with Crippen LogP contribution < -0.4 is 0 Å². The fourth-order valence-electron chi connectivity index (χ4n) is 2.76. The molecule has 0 heterocycles. The number of aryl methyl sites for hydroxylation is 1. The van der Waals surface area contributed by atoms with Crippen LogP contribution in [0.25, 0.3) is 0 Å². The molecule has 0 spiro atoms. The standard InChI is InChI=1S/C15H20N2/c1-2-10-17(11-9-16)15-8-7-13-5-3-4-6-14(13)12-15/h3-6,15H,2,7-8,10-12H2,1H3. The minimum atomic E-state index is 0.560. The summed E-state index contributed by atoms with van der Waals surface area (Å²) >= 11 is 0. The molecule has 2 rings (SSSR count). The van der Waals surface area contributed by atoms with Gasteiger partial charge in [0.25, 0.3) is 0 Å². The molecule has 90 valence electrons. The van der Waals surface area contributed by atoms with Crippen LogP contribution in [-0.4, -0.2) is 24.0 Å².